The minimum absolute atomic E-state index is 0.0385. The highest BCUT2D eigenvalue weighted by Crippen LogP contribution is 2.07. The van der Waals surface area contributed by atoms with Crippen LogP contribution in [0.3, 0.4) is 0 Å². The summed E-state index contributed by atoms with van der Waals surface area (Å²) >= 11 is 0. The number of hydrogen-bond donors (Lipinski definition) is 2. The monoisotopic (exact) mass is 308 g/mol. The third kappa shape index (κ3) is 6.17. The summed E-state index contributed by atoms with van der Waals surface area (Å²) in [6.07, 6.45) is 1.26. The van der Waals surface area contributed by atoms with Crippen molar-refractivity contribution in [3.05, 3.63) is 0 Å². The van der Waals surface area contributed by atoms with Crippen molar-refractivity contribution < 1.29 is 23.1 Å². The third-order valence-corrected chi connectivity index (χ3v) is 5.03. The van der Waals surface area contributed by atoms with Crippen molar-refractivity contribution >= 4 is 15.9 Å². The van der Waals surface area contributed by atoms with E-state index in [0.29, 0.717) is 39.1 Å². The first kappa shape index (κ1) is 17.4. The maximum absolute atomic E-state index is 12.0. The molecule has 1 unspecified atom stereocenters. The molecule has 1 aliphatic heterocycles. The van der Waals surface area contributed by atoms with Gasteiger partial charge < -0.3 is 15.2 Å². The van der Waals surface area contributed by atoms with E-state index < -0.39 is 10.0 Å². The summed E-state index contributed by atoms with van der Waals surface area (Å²) in [7, 11) is -3.38. The maximum Gasteiger partial charge on any atom is 0.221 e. The number of carbonyl (C=O) groups is 1. The summed E-state index contributed by atoms with van der Waals surface area (Å²) in [4.78, 5) is 11.7. The predicted molar refractivity (Wildman–Crippen MR) is 74.7 cm³/mol. The molecule has 1 heterocycles. The van der Waals surface area contributed by atoms with Gasteiger partial charge in [0.25, 0.3) is 0 Å². The summed E-state index contributed by atoms with van der Waals surface area (Å²) in [5.41, 5.74) is 0. The molecule has 20 heavy (non-hydrogen) atoms. The van der Waals surface area contributed by atoms with Crippen LogP contribution in [0.4, 0.5) is 0 Å². The number of nitrogens with one attached hydrogen (secondary N) is 1. The van der Waals surface area contributed by atoms with Crippen molar-refractivity contribution in [1.82, 2.24) is 9.62 Å². The summed E-state index contributed by atoms with van der Waals surface area (Å²) < 4.78 is 30.5. The molecule has 0 aromatic rings. The average molecular weight is 308 g/mol. The minimum Gasteiger partial charge on any atom is -0.396 e. The van der Waals surface area contributed by atoms with Gasteiger partial charge in [-0.05, 0) is 19.8 Å². The molecule has 0 aromatic carbocycles. The fourth-order valence-electron chi connectivity index (χ4n) is 1.99. The SMILES string of the molecule is CC(CCCO)NC(=O)CCS(=O)(=O)N1CCOCC1. The number of ether oxygens (including phenoxy) is 1. The molecular weight excluding hydrogens is 284 g/mol. The highest BCUT2D eigenvalue weighted by Gasteiger charge is 2.24. The Morgan fingerprint density at radius 2 is 2.05 bits per heavy atom. The summed E-state index contributed by atoms with van der Waals surface area (Å²) in [5.74, 6) is -0.446. The van der Waals surface area contributed by atoms with Crippen LogP contribution in [0.5, 0.6) is 0 Å². The zero-order valence-electron chi connectivity index (χ0n) is 11.9. The molecule has 7 nitrogen and oxygen atoms in total. The predicted octanol–water partition coefficient (Wildman–Crippen LogP) is -0.684. The molecule has 0 spiro atoms. The number of sulfonamides is 1. The summed E-state index contributed by atoms with van der Waals surface area (Å²) in [6, 6.07) is -0.0549. The average Bonchev–Trinajstić information content (AvgIpc) is 2.44. The first-order valence-electron chi connectivity index (χ1n) is 6.91. The fraction of sp³-hybridized carbons (Fsp3) is 0.917. The zero-order valence-corrected chi connectivity index (χ0v) is 12.7. The zero-order chi connectivity index (χ0) is 15.0. The van der Waals surface area contributed by atoms with Gasteiger partial charge in [-0.2, -0.15) is 4.31 Å². The van der Waals surface area contributed by atoms with Gasteiger partial charge in [-0.1, -0.05) is 0 Å². The Labute approximate surface area is 120 Å². The highest BCUT2D eigenvalue weighted by atomic mass is 32.2. The molecule has 1 rings (SSSR count). The highest BCUT2D eigenvalue weighted by molar-refractivity contribution is 7.89. The molecule has 2 N–H and O–H groups in total. The van der Waals surface area contributed by atoms with Gasteiger partial charge in [0, 0.05) is 32.2 Å². The number of aliphatic hydroxyl groups excluding tert-OH is 1. The first-order chi connectivity index (χ1) is 9.45. The van der Waals surface area contributed by atoms with Crippen LogP contribution in [0.2, 0.25) is 0 Å². The Balaban J connectivity index is 2.32. The van der Waals surface area contributed by atoms with E-state index >= 15 is 0 Å². The van der Waals surface area contributed by atoms with E-state index in [1.54, 1.807) is 0 Å². The number of aliphatic hydroxyl groups is 1. The van der Waals surface area contributed by atoms with Crippen LogP contribution in [0.15, 0.2) is 0 Å². The lowest BCUT2D eigenvalue weighted by atomic mass is 10.2. The van der Waals surface area contributed by atoms with Gasteiger partial charge in [0.2, 0.25) is 15.9 Å². The Bertz CT molecular complexity index is 393. The first-order valence-corrected chi connectivity index (χ1v) is 8.52. The summed E-state index contributed by atoms with van der Waals surface area (Å²) in [6.45, 7) is 3.45. The van der Waals surface area contributed by atoms with E-state index in [-0.39, 0.29) is 30.7 Å². The Kier molecular flexibility index (Phi) is 7.42. The molecule has 0 bridgehead atoms. The van der Waals surface area contributed by atoms with Gasteiger partial charge in [-0.25, -0.2) is 8.42 Å². The van der Waals surface area contributed by atoms with E-state index in [1.165, 1.54) is 4.31 Å². The Morgan fingerprint density at radius 1 is 1.40 bits per heavy atom. The molecule has 0 aliphatic carbocycles. The van der Waals surface area contributed by atoms with E-state index in [9.17, 15) is 13.2 Å². The lowest BCUT2D eigenvalue weighted by Crippen LogP contribution is -2.43. The number of amides is 1. The molecule has 1 saturated heterocycles. The molecule has 0 radical (unpaired) electrons. The molecule has 1 atom stereocenters. The number of carbonyl (C=O) groups excluding carboxylic acids is 1. The smallest absolute Gasteiger partial charge is 0.221 e. The Hall–Kier alpha value is -0.700. The van der Waals surface area contributed by atoms with Crippen LogP contribution in [0, 0.1) is 0 Å². The second-order valence-electron chi connectivity index (χ2n) is 4.91. The van der Waals surface area contributed by atoms with Crippen molar-refractivity contribution in [3.63, 3.8) is 0 Å². The topological polar surface area (TPSA) is 95.9 Å². The second-order valence-corrected chi connectivity index (χ2v) is 7.00. The van der Waals surface area contributed by atoms with Crippen molar-refractivity contribution in [1.29, 1.82) is 0 Å². The molecule has 0 saturated carbocycles. The van der Waals surface area contributed by atoms with Gasteiger partial charge in [0.05, 0.1) is 19.0 Å². The number of rotatable bonds is 8. The molecular formula is C12H24N2O5S. The standard InChI is InChI=1S/C12H24N2O5S/c1-11(3-2-7-15)13-12(16)4-10-20(17,18)14-5-8-19-9-6-14/h11,15H,2-10H2,1H3,(H,13,16). The molecule has 0 aromatic heterocycles. The maximum atomic E-state index is 12.0. The van der Waals surface area contributed by atoms with Crippen LogP contribution in [0.1, 0.15) is 26.2 Å². The largest absolute Gasteiger partial charge is 0.396 e. The number of hydrogen-bond acceptors (Lipinski definition) is 5. The van der Waals surface area contributed by atoms with Gasteiger partial charge in [-0.3, -0.25) is 4.79 Å². The van der Waals surface area contributed by atoms with Crippen LogP contribution < -0.4 is 5.32 Å². The third-order valence-electron chi connectivity index (χ3n) is 3.15. The van der Waals surface area contributed by atoms with Crippen molar-refractivity contribution in [3.8, 4) is 0 Å². The normalized spacial score (nSPS) is 18.7. The molecule has 1 aliphatic rings. The van der Waals surface area contributed by atoms with Crippen LogP contribution in [0.25, 0.3) is 0 Å². The van der Waals surface area contributed by atoms with Crippen LogP contribution in [-0.2, 0) is 19.6 Å². The van der Waals surface area contributed by atoms with Crippen molar-refractivity contribution in [2.24, 2.45) is 0 Å². The number of morpholine rings is 1. The molecule has 118 valence electrons. The quantitative estimate of drug-likeness (QED) is 0.619. The Morgan fingerprint density at radius 3 is 2.65 bits per heavy atom. The van der Waals surface area contributed by atoms with Crippen LogP contribution >= 0.6 is 0 Å². The molecule has 1 amide bonds. The van der Waals surface area contributed by atoms with E-state index in [1.807, 2.05) is 6.92 Å². The van der Waals surface area contributed by atoms with Crippen molar-refractivity contribution in [2.75, 3.05) is 38.7 Å². The summed E-state index contributed by atoms with van der Waals surface area (Å²) in [5, 5.41) is 11.4. The van der Waals surface area contributed by atoms with E-state index in [2.05, 4.69) is 5.32 Å². The van der Waals surface area contributed by atoms with Gasteiger partial charge in [0.15, 0.2) is 0 Å². The van der Waals surface area contributed by atoms with Crippen molar-refractivity contribution in [2.45, 2.75) is 32.2 Å². The van der Waals surface area contributed by atoms with Crippen LogP contribution in [-0.4, -0.2) is 68.4 Å². The minimum atomic E-state index is -3.38. The molecule has 8 heteroatoms. The van der Waals surface area contributed by atoms with Gasteiger partial charge in [-0.15, -0.1) is 0 Å². The lowest BCUT2D eigenvalue weighted by molar-refractivity contribution is -0.121. The lowest BCUT2D eigenvalue weighted by Gasteiger charge is -2.26. The van der Waals surface area contributed by atoms with Gasteiger partial charge >= 0.3 is 0 Å². The van der Waals surface area contributed by atoms with E-state index in [0.717, 1.165) is 0 Å². The van der Waals surface area contributed by atoms with Gasteiger partial charge in [0.1, 0.15) is 0 Å². The second kappa shape index (κ2) is 8.56. The number of nitrogens with zero attached hydrogens (tertiary/aromatic N) is 1. The van der Waals surface area contributed by atoms with E-state index in [4.69, 9.17) is 9.84 Å². The fourth-order valence-corrected chi connectivity index (χ4v) is 3.40. The molecule has 1 fully saturated rings.